The monoisotopic (exact) mass is 476 g/mol. The Morgan fingerprint density at radius 3 is 2.78 bits per heavy atom. The van der Waals surface area contributed by atoms with Gasteiger partial charge in [0, 0.05) is 18.8 Å². The number of hydrogen-bond acceptors (Lipinski definition) is 8. The molecule has 0 radical (unpaired) electrons. The Morgan fingerprint density at radius 2 is 2.03 bits per heavy atom. The highest BCUT2D eigenvalue weighted by Gasteiger charge is 2.26. The lowest BCUT2D eigenvalue weighted by Crippen LogP contribution is -2.35. The van der Waals surface area contributed by atoms with Crippen molar-refractivity contribution in [1.29, 1.82) is 0 Å². The highest BCUT2D eigenvalue weighted by Crippen LogP contribution is 2.25. The van der Waals surface area contributed by atoms with Crippen LogP contribution in [0.1, 0.15) is 31.9 Å². The van der Waals surface area contributed by atoms with Gasteiger partial charge in [-0.25, -0.2) is 13.1 Å². The standard InChI is InChI=1S/C20H24N6O4S2/c1-15(31-20-22-23-24-26(20)14-17-8-6-12-30-17)19(27)21-16-7-5-9-18(13-16)32(28,29)25-10-3-2-4-11-25/h5-9,12-13,15H,2-4,10-11,14H2,1H3,(H,21,27). The van der Waals surface area contributed by atoms with Crippen LogP contribution in [0.5, 0.6) is 0 Å². The van der Waals surface area contributed by atoms with Crippen LogP contribution >= 0.6 is 11.8 Å². The summed E-state index contributed by atoms with van der Waals surface area (Å²) in [7, 11) is -3.57. The minimum atomic E-state index is -3.57. The van der Waals surface area contributed by atoms with Crippen molar-refractivity contribution >= 4 is 33.4 Å². The Labute approximate surface area is 190 Å². The number of nitrogens with zero attached hydrogens (tertiary/aromatic N) is 5. The van der Waals surface area contributed by atoms with Gasteiger partial charge in [0.15, 0.2) is 0 Å². The molecule has 2 aromatic heterocycles. The molecule has 0 saturated carbocycles. The molecule has 10 nitrogen and oxygen atoms in total. The average Bonchev–Trinajstić information content (AvgIpc) is 3.47. The summed E-state index contributed by atoms with van der Waals surface area (Å²) >= 11 is 1.21. The molecule has 1 unspecified atom stereocenters. The van der Waals surface area contributed by atoms with E-state index in [9.17, 15) is 13.2 Å². The third-order valence-corrected chi connectivity index (χ3v) is 8.06. The number of carbonyl (C=O) groups is 1. The maximum Gasteiger partial charge on any atom is 0.243 e. The fourth-order valence-electron chi connectivity index (χ4n) is 3.37. The van der Waals surface area contributed by atoms with Crippen molar-refractivity contribution in [3.63, 3.8) is 0 Å². The van der Waals surface area contributed by atoms with Crippen LogP contribution in [0.3, 0.4) is 0 Å². The molecule has 1 aliphatic rings. The largest absolute Gasteiger partial charge is 0.467 e. The van der Waals surface area contributed by atoms with Gasteiger partial charge in [-0.15, -0.1) is 5.10 Å². The first-order chi connectivity index (χ1) is 15.4. The van der Waals surface area contributed by atoms with Crippen molar-refractivity contribution in [3.8, 4) is 0 Å². The van der Waals surface area contributed by atoms with Gasteiger partial charge in [-0.2, -0.15) is 4.31 Å². The lowest BCUT2D eigenvalue weighted by molar-refractivity contribution is -0.115. The number of sulfonamides is 1. The molecule has 1 saturated heterocycles. The van der Waals surface area contributed by atoms with Crippen molar-refractivity contribution < 1.29 is 17.6 Å². The summed E-state index contributed by atoms with van der Waals surface area (Å²) in [6.07, 6.45) is 4.35. The number of thioether (sulfide) groups is 1. The zero-order valence-electron chi connectivity index (χ0n) is 17.5. The smallest absolute Gasteiger partial charge is 0.243 e. The highest BCUT2D eigenvalue weighted by atomic mass is 32.2. The number of benzene rings is 1. The summed E-state index contributed by atoms with van der Waals surface area (Å²) in [6, 6.07) is 9.96. The Kier molecular flexibility index (Phi) is 6.92. The molecule has 3 heterocycles. The number of rotatable bonds is 8. The summed E-state index contributed by atoms with van der Waals surface area (Å²) in [5.74, 6) is 0.415. The second-order valence-corrected chi connectivity index (χ2v) is 10.7. The highest BCUT2D eigenvalue weighted by molar-refractivity contribution is 8.00. The number of hydrogen-bond donors (Lipinski definition) is 1. The van der Waals surface area contributed by atoms with Gasteiger partial charge in [0.05, 0.1) is 16.4 Å². The molecule has 1 atom stereocenters. The second-order valence-electron chi connectivity index (χ2n) is 7.44. The molecular formula is C20H24N6O4S2. The molecule has 0 aliphatic carbocycles. The molecule has 0 spiro atoms. The van der Waals surface area contributed by atoms with Crippen LogP contribution in [0.25, 0.3) is 0 Å². The molecule has 0 bridgehead atoms. The number of piperidine rings is 1. The Morgan fingerprint density at radius 1 is 1.22 bits per heavy atom. The molecule has 1 fully saturated rings. The quantitative estimate of drug-likeness (QED) is 0.492. The fourth-order valence-corrected chi connectivity index (χ4v) is 5.73. The van der Waals surface area contributed by atoms with Crippen LogP contribution in [0, 0.1) is 0 Å². The van der Waals surface area contributed by atoms with Crippen molar-refractivity contribution in [3.05, 3.63) is 48.4 Å². The number of anilines is 1. The third kappa shape index (κ3) is 5.19. The Bertz CT molecular complexity index is 1160. The maximum atomic E-state index is 12.9. The van der Waals surface area contributed by atoms with E-state index in [0.717, 1.165) is 19.3 Å². The van der Waals surface area contributed by atoms with Gasteiger partial charge >= 0.3 is 0 Å². The van der Waals surface area contributed by atoms with E-state index >= 15 is 0 Å². The van der Waals surface area contributed by atoms with Gasteiger partial charge in [0.25, 0.3) is 0 Å². The Balaban J connectivity index is 1.41. The topological polar surface area (TPSA) is 123 Å². The van der Waals surface area contributed by atoms with Gasteiger partial charge in [0.1, 0.15) is 12.3 Å². The number of amides is 1. The minimum absolute atomic E-state index is 0.180. The number of tetrazole rings is 1. The van der Waals surface area contributed by atoms with Gasteiger partial charge in [-0.1, -0.05) is 24.2 Å². The van der Waals surface area contributed by atoms with E-state index in [1.807, 2.05) is 6.07 Å². The van der Waals surface area contributed by atoms with E-state index in [1.165, 1.54) is 22.1 Å². The molecule has 32 heavy (non-hydrogen) atoms. The average molecular weight is 477 g/mol. The van der Waals surface area contributed by atoms with Crippen LogP contribution in [0.15, 0.2) is 57.1 Å². The molecule has 1 amide bonds. The maximum absolute atomic E-state index is 12.9. The summed E-state index contributed by atoms with van der Waals surface area (Å²) < 4.78 is 34.2. The van der Waals surface area contributed by atoms with Crippen molar-refractivity contribution in [2.75, 3.05) is 18.4 Å². The molecule has 1 aliphatic heterocycles. The van der Waals surface area contributed by atoms with Crippen LogP contribution in [-0.4, -0.2) is 57.2 Å². The first-order valence-electron chi connectivity index (χ1n) is 10.3. The minimum Gasteiger partial charge on any atom is -0.467 e. The van der Waals surface area contributed by atoms with Crippen LogP contribution in [0.2, 0.25) is 0 Å². The van der Waals surface area contributed by atoms with Gasteiger partial charge in [-0.3, -0.25) is 4.79 Å². The van der Waals surface area contributed by atoms with Gasteiger partial charge < -0.3 is 9.73 Å². The number of nitrogens with one attached hydrogen (secondary N) is 1. The van der Waals surface area contributed by atoms with E-state index in [4.69, 9.17) is 4.42 Å². The predicted molar refractivity (Wildman–Crippen MR) is 119 cm³/mol. The lowest BCUT2D eigenvalue weighted by atomic mass is 10.2. The third-order valence-electron chi connectivity index (χ3n) is 5.09. The van der Waals surface area contributed by atoms with E-state index < -0.39 is 15.3 Å². The molecule has 1 N–H and O–H groups in total. The SMILES string of the molecule is CC(Sc1nnnn1Cc1ccco1)C(=O)Nc1cccc(S(=O)(=O)N2CCCCC2)c1. The van der Waals surface area contributed by atoms with Crippen molar-refractivity contribution in [2.24, 2.45) is 0 Å². The fraction of sp³-hybridized carbons (Fsp3) is 0.400. The van der Waals surface area contributed by atoms with Gasteiger partial charge in [0.2, 0.25) is 21.1 Å². The van der Waals surface area contributed by atoms with Crippen LogP contribution < -0.4 is 5.32 Å². The molecule has 3 aromatic rings. The van der Waals surface area contributed by atoms with E-state index in [-0.39, 0.29) is 10.8 Å². The van der Waals surface area contributed by atoms with E-state index in [0.29, 0.717) is 36.2 Å². The lowest BCUT2D eigenvalue weighted by Gasteiger charge is -2.26. The van der Waals surface area contributed by atoms with E-state index in [1.54, 1.807) is 42.1 Å². The summed E-state index contributed by atoms with van der Waals surface area (Å²) in [4.78, 5) is 12.9. The first-order valence-corrected chi connectivity index (χ1v) is 12.6. The second kappa shape index (κ2) is 9.84. The number of carbonyl (C=O) groups excluding carboxylic acids is 1. The summed E-state index contributed by atoms with van der Waals surface area (Å²) in [5.41, 5.74) is 0.427. The Hall–Kier alpha value is -2.70. The summed E-state index contributed by atoms with van der Waals surface area (Å²) in [5, 5.41) is 14.4. The number of aromatic nitrogens is 4. The van der Waals surface area contributed by atoms with Crippen molar-refractivity contribution in [2.45, 2.75) is 48.0 Å². The molecule has 12 heteroatoms. The molecular weight excluding hydrogens is 452 g/mol. The first kappa shape index (κ1) is 22.5. The van der Waals surface area contributed by atoms with Crippen molar-refractivity contribution in [1.82, 2.24) is 24.5 Å². The molecule has 170 valence electrons. The zero-order chi connectivity index (χ0) is 22.6. The van der Waals surface area contributed by atoms with Gasteiger partial charge in [-0.05, 0) is 60.5 Å². The van der Waals surface area contributed by atoms with E-state index in [2.05, 4.69) is 20.8 Å². The predicted octanol–water partition coefficient (Wildman–Crippen LogP) is 2.61. The normalized spacial score (nSPS) is 16.0. The van der Waals surface area contributed by atoms with Crippen LogP contribution in [0.4, 0.5) is 5.69 Å². The molecule has 4 rings (SSSR count). The summed E-state index contributed by atoms with van der Waals surface area (Å²) in [6.45, 7) is 3.14. The number of furan rings is 1. The zero-order valence-corrected chi connectivity index (χ0v) is 19.2. The molecule has 1 aromatic carbocycles. The van der Waals surface area contributed by atoms with Crippen LogP contribution in [-0.2, 0) is 21.4 Å².